The number of hydrogen-bond acceptors (Lipinski definition) is 3. The summed E-state index contributed by atoms with van der Waals surface area (Å²) in [6.45, 7) is 6.54. The summed E-state index contributed by atoms with van der Waals surface area (Å²) in [7, 11) is -3.53. The smallest absolute Gasteiger partial charge is 0.244 e. The van der Waals surface area contributed by atoms with E-state index in [9.17, 15) is 13.2 Å². The lowest BCUT2D eigenvalue weighted by Crippen LogP contribution is -2.71. The largest absolute Gasteiger partial charge is 0.326 e. The summed E-state index contributed by atoms with van der Waals surface area (Å²) in [5.41, 5.74) is 1.84. The Hall–Kier alpha value is -2.44. The lowest BCUT2D eigenvalue weighted by molar-refractivity contribution is -0.158. The van der Waals surface area contributed by atoms with Crippen molar-refractivity contribution in [3.05, 3.63) is 77.9 Å². The van der Waals surface area contributed by atoms with Gasteiger partial charge in [0.05, 0.1) is 17.8 Å². The van der Waals surface area contributed by atoms with Crippen molar-refractivity contribution in [3.63, 3.8) is 0 Å². The molecule has 0 radical (unpaired) electrons. The average Bonchev–Trinajstić information content (AvgIpc) is 3.32. The minimum atomic E-state index is -3.53. The Labute approximate surface area is 208 Å². The SMILES string of the molecule is C[C@H](c1ccccc1)N1C(=O)[C@H](N2[C@@H]3C[C@H]4CC[C@@]3(CS2(=O)=O)C4(C)C)[C@@H]1/C=C/c1ccccc1. The monoisotopic (exact) mass is 490 g/mol. The van der Waals surface area contributed by atoms with Crippen molar-refractivity contribution in [3.8, 4) is 0 Å². The zero-order chi connectivity index (χ0) is 24.6. The second-order valence-electron chi connectivity index (χ2n) is 11.5. The quantitative estimate of drug-likeness (QED) is 0.562. The molecule has 2 aromatic rings. The van der Waals surface area contributed by atoms with E-state index in [1.165, 1.54) is 0 Å². The maximum absolute atomic E-state index is 13.8. The Bertz CT molecular complexity index is 1270. The molecule has 2 bridgehead atoms. The number of rotatable bonds is 5. The molecule has 2 aliphatic heterocycles. The minimum absolute atomic E-state index is 0.0152. The summed E-state index contributed by atoms with van der Waals surface area (Å²) in [5.74, 6) is 0.630. The topological polar surface area (TPSA) is 57.7 Å². The first-order valence-corrected chi connectivity index (χ1v) is 14.4. The molecule has 2 saturated heterocycles. The third kappa shape index (κ3) is 3.15. The molecule has 2 aromatic carbocycles. The van der Waals surface area contributed by atoms with Gasteiger partial charge in [-0.3, -0.25) is 4.79 Å². The fraction of sp³-hybridized carbons (Fsp3) is 0.483. The summed E-state index contributed by atoms with van der Waals surface area (Å²) in [5, 5.41) is 0. The zero-order valence-corrected chi connectivity index (χ0v) is 21.5. The molecule has 2 heterocycles. The number of carbonyl (C=O) groups is 1. The zero-order valence-electron chi connectivity index (χ0n) is 20.7. The van der Waals surface area contributed by atoms with Gasteiger partial charge in [-0.15, -0.1) is 0 Å². The number of fused-ring (bicyclic) bond motifs is 1. The van der Waals surface area contributed by atoms with Crippen LogP contribution in [0.5, 0.6) is 0 Å². The molecule has 0 N–H and O–H groups in total. The second kappa shape index (κ2) is 7.78. The molecule has 2 saturated carbocycles. The van der Waals surface area contributed by atoms with Crippen molar-refractivity contribution in [2.75, 3.05) is 5.75 Å². The van der Waals surface area contributed by atoms with Crippen LogP contribution in [-0.2, 0) is 14.8 Å². The first-order chi connectivity index (χ1) is 16.7. The number of amides is 1. The van der Waals surface area contributed by atoms with E-state index < -0.39 is 16.1 Å². The van der Waals surface area contributed by atoms with Crippen LogP contribution in [0.15, 0.2) is 66.7 Å². The molecular weight excluding hydrogens is 456 g/mol. The Kier molecular flexibility index (Phi) is 5.11. The van der Waals surface area contributed by atoms with Gasteiger partial charge in [0.2, 0.25) is 15.9 Å². The first kappa shape index (κ1) is 23.0. The molecule has 35 heavy (non-hydrogen) atoms. The van der Waals surface area contributed by atoms with Gasteiger partial charge in [0, 0.05) is 11.5 Å². The van der Waals surface area contributed by atoms with E-state index in [1.54, 1.807) is 4.31 Å². The molecule has 6 rings (SSSR count). The van der Waals surface area contributed by atoms with Crippen molar-refractivity contribution >= 4 is 22.0 Å². The third-order valence-electron chi connectivity index (χ3n) is 9.87. The van der Waals surface area contributed by atoms with Gasteiger partial charge >= 0.3 is 0 Å². The van der Waals surface area contributed by atoms with E-state index in [-0.39, 0.29) is 40.6 Å². The second-order valence-corrected chi connectivity index (χ2v) is 13.4. The van der Waals surface area contributed by atoms with Crippen molar-refractivity contribution in [2.24, 2.45) is 16.7 Å². The van der Waals surface area contributed by atoms with Crippen LogP contribution < -0.4 is 0 Å². The highest BCUT2D eigenvalue weighted by molar-refractivity contribution is 7.89. The molecule has 0 unspecified atom stereocenters. The van der Waals surface area contributed by atoms with E-state index in [4.69, 9.17) is 0 Å². The highest BCUT2D eigenvalue weighted by atomic mass is 32.2. The van der Waals surface area contributed by atoms with Crippen molar-refractivity contribution in [1.82, 2.24) is 9.21 Å². The van der Waals surface area contributed by atoms with Gasteiger partial charge in [-0.2, -0.15) is 4.31 Å². The van der Waals surface area contributed by atoms with Crippen molar-refractivity contribution < 1.29 is 13.2 Å². The van der Waals surface area contributed by atoms with Crippen LogP contribution in [0.25, 0.3) is 6.08 Å². The lowest BCUT2D eigenvalue weighted by atomic mass is 9.68. The van der Waals surface area contributed by atoms with Gasteiger partial charge in [-0.1, -0.05) is 86.7 Å². The van der Waals surface area contributed by atoms with Crippen LogP contribution >= 0.6 is 0 Å². The summed E-state index contributed by atoms with van der Waals surface area (Å²) < 4.78 is 29.1. The fourth-order valence-electron chi connectivity index (χ4n) is 7.78. The summed E-state index contributed by atoms with van der Waals surface area (Å²) >= 11 is 0. The molecule has 184 valence electrons. The fourth-order valence-corrected chi connectivity index (χ4v) is 10.5. The number of β-lactam (4-membered cyclic amide) rings is 1. The minimum Gasteiger partial charge on any atom is -0.326 e. The van der Waals surface area contributed by atoms with E-state index in [2.05, 4.69) is 13.8 Å². The van der Waals surface area contributed by atoms with Crippen LogP contribution in [-0.4, -0.2) is 47.4 Å². The van der Waals surface area contributed by atoms with E-state index in [1.807, 2.05) is 84.6 Å². The van der Waals surface area contributed by atoms with Gasteiger partial charge in [0.1, 0.15) is 6.04 Å². The molecule has 2 aliphatic carbocycles. The highest BCUT2D eigenvalue weighted by Gasteiger charge is 2.74. The van der Waals surface area contributed by atoms with Gasteiger partial charge < -0.3 is 4.90 Å². The van der Waals surface area contributed by atoms with Crippen LogP contribution in [0, 0.1) is 16.7 Å². The maximum Gasteiger partial charge on any atom is 0.244 e. The normalized spacial score (nSPS) is 35.9. The molecule has 5 nitrogen and oxygen atoms in total. The van der Waals surface area contributed by atoms with Crippen molar-refractivity contribution in [2.45, 2.75) is 64.2 Å². The predicted octanol–water partition coefficient (Wildman–Crippen LogP) is 4.88. The molecule has 0 aromatic heterocycles. The van der Waals surface area contributed by atoms with Gasteiger partial charge in [0.25, 0.3) is 0 Å². The summed E-state index contributed by atoms with van der Waals surface area (Å²) in [6.07, 6.45) is 6.98. The van der Waals surface area contributed by atoms with Crippen LogP contribution in [0.3, 0.4) is 0 Å². The van der Waals surface area contributed by atoms with Crippen LogP contribution in [0.4, 0.5) is 0 Å². The van der Waals surface area contributed by atoms with Gasteiger partial charge in [-0.05, 0) is 48.6 Å². The lowest BCUT2D eigenvalue weighted by Gasteiger charge is -2.53. The Balaban J connectivity index is 1.39. The number of hydrogen-bond donors (Lipinski definition) is 0. The first-order valence-electron chi connectivity index (χ1n) is 12.8. The number of carbonyl (C=O) groups excluding carboxylic acids is 1. The van der Waals surface area contributed by atoms with E-state index in [0.717, 1.165) is 30.4 Å². The van der Waals surface area contributed by atoms with Crippen LogP contribution in [0.1, 0.15) is 57.2 Å². The molecule has 6 atom stereocenters. The van der Waals surface area contributed by atoms with Gasteiger partial charge in [-0.25, -0.2) is 8.42 Å². The Morgan fingerprint density at radius 3 is 2.34 bits per heavy atom. The standard InChI is InChI=1S/C29H34N2O3S/c1-20(22-12-8-5-9-13-22)30-24(15-14-21-10-6-4-7-11-21)26(27(30)32)31-25-18-23-16-17-29(25,28(23,2)3)19-35(31,33)34/h4-15,20,23-26H,16-19H2,1-3H3/b15-14+/t20-,23-,24+,25-,26-,29+/m1/s1. The number of nitrogens with zero attached hydrogens (tertiary/aromatic N) is 2. The number of likely N-dealkylation sites (tertiary alicyclic amines) is 1. The molecular formula is C29H34N2O3S. The summed E-state index contributed by atoms with van der Waals surface area (Å²) in [6, 6.07) is 18.8. The number of sulfonamides is 1. The molecule has 4 aliphatic rings. The average molecular weight is 491 g/mol. The van der Waals surface area contributed by atoms with E-state index >= 15 is 0 Å². The van der Waals surface area contributed by atoms with Crippen molar-refractivity contribution in [1.29, 1.82) is 0 Å². The number of benzene rings is 2. The highest BCUT2D eigenvalue weighted by Crippen LogP contribution is 2.70. The third-order valence-corrected chi connectivity index (χ3v) is 11.9. The van der Waals surface area contributed by atoms with E-state index in [0.29, 0.717) is 5.92 Å². The van der Waals surface area contributed by atoms with Crippen LogP contribution in [0.2, 0.25) is 0 Å². The van der Waals surface area contributed by atoms with Gasteiger partial charge in [0.15, 0.2) is 0 Å². The molecule has 1 amide bonds. The Morgan fingerprint density at radius 2 is 1.69 bits per heavy atom. The Morgan fingerprint density at radius 1 is 1.03 bits per heavy atom. The summed E-state index contributed by atoms with van der Waals surface area (Å²) in [4.78, 5) is 15.7. The molecule has 4 fully saturated rings. The maximum atomic E-state index is 13.8. The molecule has 1 spiro atoms. The predicted molar refractivity (Wildman–Crippen MR) is 138 cm³/mol. The molecule has 6 heteroatoms.